The predicted molar refractivity (Wildman–Crippen MR) is 179 cm³/mol. The number of anilines is 4. The highest BCUT2D eigenvalue weighted by atomic mass is 16.1. The number of carbonyl (C=O) groups is 1. The molecule has 1 amide bonds. The van der Waals surface area contributed by atoms with Crippen LogP contribution in [-0.2, 0) is 12.5 Å². The standard InChI is InChI=1S/C35H40N8O/c1-23-7-9-27(37-33(44)30-22-42(6)40-32(30)35(2,3)4)20-29(23)24-8-14-31-25(19-24)21-36-34(39-31)38-26-10-12-28(13-11-26)43-17-15-41(5)16-18-43/h7-14,19-22H,15-18H2,1-6H3,(H,37,44)(H,36,38,39). The lowest BCUT2D eigenvalue weighted by Crippen LogP contribution is -2.44. The van der Waals surface area contributed by atoms with Crippen molar-refractivity contribution < 1.29 is 4.79 Å². The van der Waals surface area contributed by atoms with E-state index in [1.807, 2.05) is 37.5 Å². The first-order chi connectivity index (χ1) is 21.0. The fourth-order valence-electron chi connectivity index (χ4n) is 5.63. The zero-order valence-electron chi connectivity index (χ0n) is 26.3. The van der Waals surface area contributed by atoms with Crippen LogP contribution in [0.25, 0.3) is 22.0 Å². The summed E-state index contributed by atoms with van der Waals surface area (Å²) in [6, 6.07) is 20.6. The van der Waals surface area contributed by atoms with Crippen LogP contribution in [0, 0.1) is 6.92 Å². The molecule has 0 radical (unpaired) electrons. The maximum Gasteiger partial charge on any atom is 0.259 e. The summed E-state index contributed by atoms with van der Waals surface area (Å²) in [4.78, 5) is 27.4. The zero-order valence-corrected chi connectivity index (χ0v) is 26.3. The molecule has 1 fully saturated rings. The molecule has 1 aliphatic heterocycles. The number of aromatic nitrogens is 4. The van der Waals surface area contributed by atoms with E-state index in [9.17, 15) is 4.79 Å². The van der Waals surface area contributed by atoms with Gasteiger partial charge in [0, 0.05) is 73.5 Å². The zero-order chi connectivity index (χ0) is 31.0. The van der Waals surface area contributed by atoms with Crippen LogP contribution in [-0.4, -0.2) is 63.8 Å². The highest BCUT2D eigenvalue weighted by molar-refractivity contribution is 6.05. The number of aryl methyl sites for hydroxylation is 2. The molecule has 2 N–H and O–H groups in total. The van der Waals surface area contributed by atoms with Gasteiger partial charge in [0.15, 0.2) is 0 Å². The number of amides is 1. The average Bonchev–Trinajstić information content (AvgIpc) is 3.41. The molecule has 1 saturated heterocycles. The normalized spacial score (nSPS) is 14.2. The number of fused-ring (bicyclic) bond motifs is 1. The molecule has 44 heavy (non-hydrogen) atoms. The highest BCUT2D eigenvalue weighted by Gasteiger charge is 2.26. The Balaban J connectivity index is 1.18. The van der Waals surface area contributed by atoms with Crippen molar-refractivity contribution in [1.82, 2.24) is 24.6 Å². The summed E-state index contributed by atoms with van der Waals surface area (Å²) in [5.41, 5.74) is 8.07. The van der Waals surface area contributed by atoms with E-state index in [0.29, 0.717) is 11.5 Å². The monoisotopic (exact) mass is 588 g/mol. The van der Waals surface area contributed by atoms with Crippen LogP contribution in [0.4, 0.5) is 23.0 Å². The second-order valence-electron chi connectivity index (χ2n) is 12.7. The quantitative estimate of drug-likeness (QED) is 0.238. The number of nitrogens with zero attached hydrogens (tertiary/aromatic N) is 6. The molecule has 0 spiro atoms. The Labute approximate surface area is 258 Å². The lowest BCUT2D eigenvalue weighted by molar-refractivity contribution is 0.102. The number of carbonyl (C=O) groups excluding carboxylic acids is 1. The molecule has 1 aliphatic rings. The molecule has 3 aromatic carbocycles. The van der Waals surface area contributed by atoms with Crippen molar-refractivity contribution in [1.29, 1.82) is 0 Å². The van der Waals surface area contributed by atoms with Crippen LogP contribution in [0.2, 0.25) is 0 Å². The van der Waals surface area contributed by atoms with Gasteiger partial charge in [-0.25, -0.2) is 9.97 Å². The molecule has 0 saturated carbocycles. The van der Waals surface area contributed by atoms with Gasteiger partial charge in [0.05, 0.1) is 16.8 Å². The van der Waals surface area contributed by atoms with E-state index in [1.165, 1.54) is 5.69 Å². The Bertz CT molecular complexity index is 1810. The smallest absolute Gasteiger partial charge is 0.259 e. The van der Waals surface area contributed by atoms with Crippen LogP contribution in [0.15, 0.2) is 73.1 Å². The van der Waals surface area contributed by atoms with Crippen molar-refractivity contribution in [2.45, 2.75) is 33.1 Å². The predicted octanol–water partition coefficient (Wildman–Crippen LogP) is 6.38. The maximum atomic E-state index is 13.3. The summed E-state index contributed by atoms with van der Waals surface area (Å²) >= 11 is 0. The third-order valence-corrected chi connectivity index (χ3v) is 8.16. The molecule has 6 rings (SSSR count). The largest absolute Gasteiger partial charge is 0.369 e. The Morgan fingerprint density at radius 1 is 0.886 bits per heavy atom. The lowest BCUT2D eigenvalue weighted by atomic mass is 9.89. The van der Waals surface area contributed by atoms with Crippen LogP contribution in [0.1, 0.15) is 42.4 Å². The van der Waals surface area contributed by atoms with Gasteiger partial charge in [0.2, 0.25) is 5.95 Å². The van der Waals surface area contributed by atoms with Crippen molar-refractivity contribution in [2.24, 2.45) is 7.05 Å². The molecule has 2 aromatic heterocycles. The van der Waals surface area contributed by atoms with Gasteiger partial charge in [-0.15, -0.1) is 0 Å². The molecular formula is C35H40N8O. The molecule has 0 bridgehead atoms. The van der Waals surface area contributed by atoms with Crippen LogP contribution in [0.5, 0.6) is 0 Å². The van der Waals surface area contributed by atoms with Crippen molar-refractivity contribution in [3.63, 3.8) is 0 Å². The van der Waals surface area contributed by atoms with Crippen LogP contribution < -0.4 is 15.5 Å². The number of likely N-dealkylation sites (N-methyl/N-ethyl adjacent to an activating group) is 1. The van der Waals surface area contributed by atoms with Crippen molar-refractivity contribution >= 4 is 39.8 Å². The molecule has 226 valence electrons. The number of benzene rings is 3. The molecule has 9 nitrogen and oxygen atoms in total. The van der Waals surface area contributed by atoms with E-state index in [-0.39, 0.29) is 11.3 Å². The topological polar surface area (TPSA) is 91.2 Å². The summed E-state index contributed by atoms with van der Waals surface area (Å²) in [7, 11) is 4.01. The van der Waals surface area contributed by atoms with Gasteiger partial charge in [-0.1, -0.05) is 32.9 Å². The Kier molecular flexibility index (Phi) is 7.82. The Hall–Kier alpha value is -4.76. The number of hydrogen-bond donors (Lipinski definition) is 2. The Morgan fingerprint density at radius 2 is 1.61 bits per heavy atom. The summed E-state index contributed by atoms with van der Waals surface area (Å²) in [5.74, 6) is 0.391. The number of hydrogen-bond acceptors (Lipinski definition) is 7. The fraction of sp³-hybridized carbons (Fsp3) is 0.314. The second-order valence-corrected chi connectivity index (χ2v) is 12.7. The number of rotatable bonds is 6. The van der Waals surface area contributed by atoms with Crippen molar-refractivity contribution in [2.75, 3.05) is 48.8 Å². The number of piperazine rings is 1. The maximum absolute atomic E-state index is 13.3. The minimum Gasteiger partial charge on any atom is -0.369 e. The van der Waals surface area contributed by atoms with Gasteiger partial charge in [-0.2, -0.15) is 5.10 Å². The van der Waals surface area contributed by atoms with E-state index in [1.54, 1.807) is 10.9 Å². The van der Waals surface area contributed by atoms with Gasteiger partial charge in [0.25, 0.3) is 5.91 Å². The summed E-state index contributed by atoms with van der Waals surface area (Å²) in [5, 5.41) is 11.9. The van der Waals surface area contributed by atoms with Gasteiger partial charge in [-0.05, 0) is 79.2 Å². The van der Waals surface area contributed by atoms with E-state index in [2.05, 4.69) is 102 Å². The minimum absolute atomic E-state index is 0.168. The summed E-state index contributed by atoms with van der Waals surface area (Å²) < 4.78 is 1.69. The molecule has 0 atom stereocenters. The third-order valence-electron chi connectivity index (χ3n) is 8.16. The van der Waals surface area contributed by atoms with Crippen LogP contribution >= 0.6 is 0 Å². The molecule has 0 unspecified atom stereocenters. The number of nitrogens with one attached hydrogen (secondary N) is 2. The lowest BCUT2D eigenvalue weighted by Gasteiger charge is -2.34. The van der Waals surface area contributed by atoms with E-state index in [0.717, 1.165) is 70.8 Å². The minimum atomic E-state index is -0.246. The SMILES string of the molecule is Cc1ccc(NC(=O)c2cn(C)nc2C(C)(C)C)cc1-c1ccc2nc(Nc3ccc(N4CCN(C)CC4)cc3)ncc2c1. The molecule has 0 aliphatic carbocycles. The van der Waals surface area contributed by atoms with Crippen molar-refractivity contribution in [3.05, 3.63) is 89.9 Å². The Morgan fingerprint density at radius 3 is 2.34 bits per heavy atom. The molecule has 3 heterocycles. The second kappa shape index (κ2) is 11.7. The average molecular weight is 589 g/mol. The first-order valence-electron chi connectivity index (χ1n) is 15.1. The van der Waals surface area contributed by atoms with E-state index in [4.69, 9.17) is 4.98 Å². The van der Waals surface area contributed by atoms with Crippen LogP contribution in [0.3, 0.4) is 0 Å². The van der Waals surface area contributed by atoms with Gasteiger partial charge >= 0.3 is 0 Å². The molecule has 9 heteroatoms. The van der Waals surface area contributed by atoms with E-state index < -0.39 is 0 Å². The highest BCUT2D eigenvalue weighted by Crippen LogP contribution is 2.31. The first-order valence-corrected chi connectivity index (χ1v) is 15.1. The van der Waals surface area contributed by atoms with Gasteiger partial charge < -0.3 is 20.4 Å². The third kappa shape index (κ3) is 6.28. The first kappa shape index (κ1) is 29.3. The molecule has 5 aromatic rings. The van der Waals surface area contributed by atoms with Gasteiger partial charge in [-0.3, -0.25) is 9.48 Å². The van der Waals surface area contributed by atoms with E-state index >= 15 is 0 Å². The van der Waals surface area contributed by atoms with Gasteiger partial charge in [0.1, 0.15) is 0 Å². The molecular weight excluding hydrogens is 548 g/mol. The summed E-state index contributed by atoms with van der Waals surface area (Å²) in [6.45, 7) is 12.5. The van der Waals surface area contributed by atoms with Crippen molar-refractivity contribution in [3.8, 4) is 11.1 Å². The fourth-order valence-corrected chi connectivity index (χ4v) is 5.63. The summed E-state index contributed by atoms with van der Waals surface area (Å²) in [6.07, 6.45) is 3.63.